The lowest BCUT2D eigenvalue weighted by molar-refractivity contribution is -0.400. The van der Waals surface area contributed by atoms with Crippen LogP contribution in [0, 0.1) is 0 Å². The van der Waals surface area contributed by atoms with Crippen LogP contribution >= 0.6 is 11.6 Å². The lowest BCUT2D eigenvalue weighted by atomic mass is 10.1. The van der Waals surface area contributed by atoms with Crippen LogP contribution in [0.15, 0.2) is 83.3 Å². The number of halogens is 5. The number of benzene rings is 3. The van der Waals surface area contributed by atoms with Crippen LogP contribution in [0.5, 0.6) is 0 Å². The first-order chi connectivity index (χ1) is 16.6. The molecule has 4 aromatic rings. The van der Waals surface area contributed by atoms with Crippen molar-refractivity contribution in [1.29, 1.82) is 0 Å². The van der Waals surface area contributed by atoms with E-state index in [0.717, 1.165) is 39.8 Å². The minimum absolute atomic E-state index is 0.314. The summed E-state index contributed by atoms with van der Waals surface area (Å²) >= 11 is 6.23. The minimum atomic E-state index is -6.00. The quantitative estimate of drug-likeness (QED) is 0.208. The largest absolute Gasteiger partial charge is 0.673 e. The van der Waals surface area contributed by atoms with Gasteiger partial charge in [0.2, 0.25) is 11.0 Å². The lowest BCUT2D eigenvalue weighted by Crippen LogP contribution is -2.70. The molecular weight excluding hydrogens is 485 g/mol. The van der Waals surface area contributed by atoms with Gasteiger partial charge >= 0.3 is 13.2 Å². The van der Waals surface area contributed by atoms with Gasteiger partial charge in [-0.25, -0.2) is 9.79 Å². The smallest absolute Gasteiger partial charge is 0.462 e. The van der Waals surface area contributed by atoms with Crippen LogP contribution in [0.1, 0.15) is 23.7 Å². The summed E-state index contributed by atoms with van der Waals surface area (Å²) in [4.78, 5) is 15.4. The second-order valence-corrected chi connectivity index (χ2v) is 7.80. The Morgan fingerprint density at radius 3 is 2.26 bits per heavy atom. The Kier molecular flexibility index (Phi) is 8.70. The first-order valence-electron chi connectivity index (χ1n) is 10.7. The number of esters is 1. The van der Waals surface area contributed by atoms with E-state index in [4.69, 9.17) is 20.8 Å². The van der Waals surface area contributed by atoms with Crippen LogP contribution in [-0.2, 0) is 4.74 Å². The van der Waals surface area contributed by atoms with Gasteiger partial charge in [-0.1, -0.05) is 48.9 Å². The molecule has 0 aliphatic carbocycles. The molecule has 0 saturated heterocycles. The Balaban J connectivity index is 0.000000623. The molecule has 4 nitrogen and oxygen atoms in total. The highest BCUT2D eigenvalue weighted by Gasteiger charge is 2.20. The Hall–Kier alpha value is -3.59. The van der Waals surface area contributed by atoms with Crippen molar-refractivity contribution in [2.75, 3.05) is 6.61 Å². The van der Waals surface area contributed by atoms with Crippen LogP contribution in [0.25, 0.3) is 22.3 Å². The summed E-state index contributed by atoms with van der Waals surface area (Å²) in [7, 11) is -6.00. The third-order valence-electron chi connectivity index (χ3n) is 4.62. The van der Waals surface area contributed by atoms with Crippen molar-refractivity contribution in [3.05, 3.63) is 94.8 Å². The molecule has 35 heavy (non-hydrogen) atoms. The average molecular weight is 506 g/mol. The molecule has 10 heteroatoms. The van der Waals surface area contributed by atoms with Gasteiger partial charge in [-0.3, -0.25) is 0 Å². The van der Waals surface area contributed by atoms with E-state index in [1.54, 1.807) is 12.1 Å². The normalized spacial score (nSPS) is 11.7. The zero-order valence-electron chi connectivity index (χ0n) is 18.6. The standard InChI is InChI=1S/C25H20ClNO3.BF4/c1-2-14-29-25(28)18-8-11-20(12-9-18)27-22-16-24(17-6-4-3-5-7-17)30-23-13-10-19(26)15-21(22)23;2-1(3,4)5/h3-13,15-16H,2,14H2,1H3;/q;-1/p+1. The number of fused-ring (bicyclic) bond motifs is 1. The summed E-state index contributed by atoms with van der Waals surface area (Å²) in [6.45, 7) is 2.38. The van der Waals surface area contributed by atoms with Crippen LogP contribution in [-0.4, -0.2) is 19.8 Å². The molecule has 0 atom stereocenters. The molecule has 0 saturated carbocycles. The number of ether oxygens (including phenoxy) is 1. The number of hydrogen-bond acceptors (Lipinski definition) is 3. The summed E-state index contributed by atoms with van der Waals surface area (Å²) in [5, 5.41) is 2.36. The van der Waals surface area contributed by atoms with Crippen LogP contribution in [0.4, 0.5) is 23.0 Å². The highest BCUT2D eigenvalue weighted by atomic mass is 35.5. The summed E-state index contributed by atoms with van der Waals surface area (Å²) in [6, 6.07) is 24.6. The fourth-order valence-corrected chi connectivity index (χ4v) is 3.30. The predicted molar refractivity (Wildman–Crippen MR) is 128 cm³/mol. The maximum Gasteiger partial charge on any atom is 0.673 e. The highest BCUT2D eigenvalue weighted by Crippen LogP contribution is 2.23. The molecule has 0 unspecified atom stereocenters. The molecule has 1 heterocycles. The monoisotopic (exact) mass is 505 g/mol. The molecule has 0 aliphatic heterocycles. The van der Waals surface area contributed by atoms with Gasteiger partial charge in [-0.15, -0.1) is 0 Å². The zero-order chi connectivity index (χ0) is 25.4. The van der Waals surface area contributed by atoms with Gasteiger partial charge in [-0.2, -0.15) is 0 Å². The number of carbonyl (C=O) groups is 1. The molecule has 0 aliphatic rings. The number of carbonyl (C=O) groups excluding carboxylic acids is 1. The first kappa shape index (κ1) is 26.0. The molecule has 3 aromatic carbocycles. The number of hydrogen-bond donors (Lipinski definition) is 1. The van der Waals surface area contributed by atoms with Crippen molar-refractivity contribution >= 4 is 41.5 Å². The summed E-state index contributed by atoms with van der Waals surface area (Å²) in [5.41, 5.74) is 3.07. The maximum absolute atomic E-state index is 12.0. The third kappa shape index (κ3) is 8.00. The second kappa shape index (κ2) is 11.7. The van der Waals surface area contributed by atoms with Gasteiger partial charge in [0.15, 0.2) is 0 Å². The van der Waals surface area contributed by atoms with Crippen molar-refractivity contribution < 1.29 is 36.2 Å². The fourth-order valence-electron chi connectivity index (χ4n) is 3.13. The molecule has 0 amide bonds. The van der Waals surface area contributed by atoms with Crippen molar-refractivity contribution in [3.63, 3.8) is 0 Å². The van der Waals surface area contributed by atoms with Crippen molar-refractivity contribution in [2.24, 2.45) is 0 Å². The van der Waals surface area contributed by atoms with E-state index >= 15 is 0 Å². The summed E-state index contributed by atoms with van der Waals surface area (Å²) in [5.74, 6) is 0.429. The van der Waals surface area contributed by atoms with E-state index < -0.39 is 7.25 Å². The van der Waals surface area contributed by atoms with Gasteiger partial charge in [0.25, 0.3) is 0 Å². The molecule has 1 aromatic heterocycles. The van der Waals surface area contributed by atoms with Gasteiger partial charge in [0, 0.05) is 22.7 Å². The summed E-state index contributed by atoms with van der Waals surface area (Å²) < 4.78 is 50.3. The molecule has 0 fully saturated rings. The van der Waals surface area contributed by atoms with Crippen molar-refractivity contribution in [1.82, 2.24) is 0 Å². The van der Waals surface area contributed by atoms with E-state index in [-0.39, 0.29) is 5.97 Å². The summed E-state index contributed by atoms with van der Waals surface area (Å²) in [6.07, 6.45) is 0.795. The van der Waals surface area contributed by atoms with E-state index in [1.807, 2.05) is 73.7 Å². The molecule has 1 N–H and O–H groups in total. The molecule has 0 bridgehead atoms. The lowest BCUT2D eigenvalue weighted by Gasteiger charge is -2.04. The first-order valence-corrected chi connectivity index (χ1v) is 11.0. The molecule has 0 spiro atoms. The highest BCUT2D eigenvalue weighted by molar-refractivity contribution is 6.50. The fraction of sp³-hybridized carbons (Fsp3) is 0.120. The molecule has 182 valence electrons. The third-order valence-corrected chi connectivity index (χ3v) is 4.86. The average Bonchev–Trinajstić information content (AvgIpc) is 2.82. The molecular formula is C25H21BClF4NO3. The van der Waals surface area contributed by atoms with E-state index in [0.29, 0.717) is 17.2 Å². The van der Waals surface area contributed by atoms with Gasteiger partial charge < -0.3 is 26.4 Å². The van der Waals surface area contributed by atoms with E-state index in [2.05, 4.69) is 4.99 Å². The van der Waals surface area contributed by atoms with Crippen LogP contribution in [0.2, 0.25) is 5.02 Å². The molecule has 0 radical (unpaired) electrons. The van der Waals surface area contributed by atoms with Crippen molar-refractivity contribution in [2.45, 2.75) is 13.3 Å². The van der Waals surface area contributed by atoms with Gasteiger partial charge in [-0.05, 0) is 36.8 Å². The van der Waals surface area contributed by atoms with Gasteiger partial charge in [0.05, 0.1) is 23.6 Å². The van der Waals surface area contributed by atoms with E-state index in [1.165, 1.54) is 0 Å². The topological polar surface area (TPSA) is 53.4 Å². The SMILES string of the molecule is CCCOC(=O)c1ccc([NH+]=c2cc(-c3ccccc3)oc3ccc(Cl)cc23)cc1.F[B-](F)(F)F. The maximum atomic E-state index is 12.0. The minimum Gasteiger partial charge on any atom is -0.462 e. The zero-order valence-corrected chi connectivity index (χ0v) is 19.4. The predicted octanol–water partition coefficient (Wildman–Crippen LogP) is 5.93. The van der Waals surface area contributed by atoms with Gasteiger partial charge in [0.1, 0.15) is 11.3 Å². The Bertz CT molecular complexity index is 1350. The Labute approximate surface area is 203 Å². The van der Waals surface area contributed by atoms with Crippen LogP contribution in [0.3, 0.4) is 0 Å². The van der Waals surface area contributed by atoms with E-state index in [9.17, 15) is 22.1 Å². The number of nitrogens with one attached hydrogen (secondary N) is 1. The van der Waals surface area contributed by atoms with Crippen LogP contribution < -0.4 is 10.3 Å². The molecule has 4 rings (SSSR count). The Morgan fingerprint density at radius 2 is 1.63 bits per heavy atom. The number of rotatable bonds is 5. The van der Waals surface area contributed by atoms with Crippen molar-refractivity contribution in [3.8, 4) is 11.3 Å². The Morgan fingerprint density at radius 1 is 0.971 bits per heavy atom. The second-order valence-electron chi connectivity index (χ2n) is 7.36.